The largest absolute Gasteiger partial charge is 0.468 e. The van der Waals surface area contributed by atoms with E-state index in [-0.39, 0.29) is 11.7 Å². The van der Waals surface area contributed by atoms with Crippen molar-refractivity contribution in [3.63, 3.8) is 0 Å². The SMILES string of the molecule is CC[C@H](C(=O)OC)C(=O)N1CCN(c2ccc(F)cc2Cl)CC1. The predicted molar refractivity (Wildman–Crippen MR) is 86.0 cm³/mol. The molecule has 2 rings (SSSR count). The first kappa shape index (κ1) is 17.5. The Balaban J connectivity index is 2.00. The molecule has 126 valence electrons. The highest BCUT2D eigenvalue weighted by molar-refractivity contribution is 6.33. The third-order valence-electron chi connectivity index (χ3n) is 4.03. The molecule has 0 unspecified atom stereocenters. The van der Waals surface area contributed by atoms with Gasteiger partial charge in [-0.2, -0.15) is 0 Å². The molecular formula is C16H20ClFN2O3. The molecule has 1 amide bonds. The Labute approximate surface area is 140 Å². The number of piperazine rings is 1. The van der Waals surface area contributed by atoms with Gasteiger partial charge in [0, 0.05) is 26.2 Å². The molecule has 1 aromatic rings. The highest BCUT2D eigenvalue weighted by Gasteiger charge is 2.32. The molecule has 1 aliphatic rings. The molecule has 0 saturated carbocycles. The molecule has 1 saturated heterocycles. The number of carbonyl (C=O) groups is 2. The van der Waals surface area contributed by atoms with Crippen molar-refractivity contribution in [2.45, 2.75) is 13.3 Å². The molecule has 7 heteroatoms. The first-order valence-corrected chi connectivity index (χ1v) is 7.92. The van der Waals surface area contributed by atoms with E-state index in [4.69, 9.17) is 11.6 Å². The second-order valence-electron chi connectivity index (χ2n) is 5.39. The van der Waals surface area contributed by atoms with Crippen LogP contribution in [-0.2, 0) is 14.3 Å². The molecule has 0 aromatic heterocycles. The maximum atomic E-state index is 13.1. The van der Waals surface area contributed by atoms with E-state index in [1.54, 1.807) is 17.9 Å². The normalized spacial score (nSPS) is 16.2. The number of esters is 1. The number of halogens is 2. The second kappa shape index (κ2) is 7.64. The molecule has 1 heterocycles. The van der Waals surface area contributed by atoms with Gasteiger partial charge in [-0.05, 0) is 24.6 Å². The summed E-state index contributed by atoms with van der Waals surface area (Å²) in [4.78, 5) is 27.7. The molecule has 5 nitrogen and oxygen atoms in total. The van der Waals surface area contributed by atoms with Gasteiger partial charge in [-0.3, -0.25) is 9.59 Å². The second-order valence-corrected chi connectivity index (χ2v) is 5.80. The van der Waals surface area contributed by atoms with Crippen molar-refractivity contribution in [1.82, 2.24) is 4.90 Å². The van der Waals surface area contributed by atoms with E-state index in [9.17, 15) is 14.0 Å². The van der Waals surface area contributed by atoms with Crippen LogP contribution in [0, 0.1) is 11.7 Å². The number of nitrogens with zero attached hydrogens (tertiary/aromatic N) is 2. The molecule has 1 aliphatic heterocycles. The fourth-order valence-corrected chi connectivity index (χ4v) is 3.00. The quantitative estimate of drug-likeness (QED) is 0.622. The van der Waals surface area contributed by atoms with Crippen LogP contribution in [-0.4, -0.2) is 50.1 Å². The van der Waals surface area contributed by atoms with Crippen LogP contribution >= 0.6 is 11.6 Å². The van der Waals surface area contributed by atoms with Gasteiger partial charge in [0.2, 0.25) is 5.91 Å². The number of hydrogen-bond acceptors (Lipinski definition) is 4. The van der Waals surface area contributed by atoms with Gasteiger partial charge in [-0.25, -0.2) is 4.39 Å². The van der Waals surface area contributed by atoms with E-state index in [0.717, 1.165) is 5.69 Å². The van der Waals surface area contributed by atoms with Gasteiger partial charge in [0.25, 0.3) is 0 Å². The predicted octanol–water partition coefficient (Wildman–Crippen LogP) is 2.33. The highest BCUT2D eigenvalue weighted by atomic mass is 35.5. The van der Waals surface area contributed by atoms with Crippen molar-refractivity contribution in [2.24, 2.45) is 5.92 Å². The van der Waals surface area contributed by atoms with E-state index >= 15 is 0 Å². The zero-order chi connectivity index (χ0) is 17.0. The summed E-state index contributed by atoms with van der Waals surface area (Å²) in [7, 11) is 1.28. The first-order valence-electron chi connectivity index (χ1n) is 7.54. The number of benzene rings is 1. The lowest BCUT2D eigenvalue weighted by atomic mass is 10.0. The lowest BCUT2D eigenvalue weighted by Gasteiger charge is -2.37. The Bertz CT molecular complexity index is 589. The van der Waals surface area contributed by atoms with Crippen LogP contribution in [0.3, 0.4) is 0 Å². The standard InChI is InChI=1S/C16H20ClFN2O3/c1-3-12(16(22)23-2)15(21)20-8-6-19(7-9-20)14-5-4-11(18)10-13(14)17/h4-5,10,12H,3,6-9H2,1-2H3/t12-/m0/s1. The summed E-state index contributed by atoms with van der Waals surface area (Å²) in [5.41, 5.74) is 0.750. The van der Waals surface area contributed by atoms with Crippen LogP contribution < -0.4 is 4.90 Å². The number of anilines is 1. The van der Waals surface area contributed by atoms with Crippen molar-refractivity contribution >= 4 is 29.2 Å². The van der Waals surface area contributed by atoms with Gasteiger partial charge in [0.05, 0.1) is 17.8 Å². The van der Waals surface area contributed by atoms with Crippen LogP contribution in [0.2, 0.25) is 5.02 Å². The molecule has 0 N–H and O–H groups in total. The van der Waals surface area contributed by atoms with Crippen LogP contribution in [0.15, 0.2) is 18.2 Å². The molecule has 1 atom stereocenters. The maximum Gasteiger partial charge on any atom is 0.318 e. The third-order valence-corrected chi connectivity index (χ3v) is 4.34. The van der Waals surface area contributed by atoms with E-state index in [2.05, 4.69) is 4.74 Å². The van der Waals surface area contributed by atoms with Crippen molar-refractivity contribution in [2.75, 3.05) is 38.2 Å². The Hall–Kier alpha value is -1.82. The number of amides is 1. The fourth-order valence-electron chi connectivity index (χ4n) is 2.71. The number of carbonyl (C=O) groups excluding carboxylic acids is 2. The summed E-state index contributed by atoms with van der Waals surface area (Å²) in [6.07, 6.45) is 0.412. The summed E-state index contributed by atoms with van der Waals surface area (Å²) >= 11 is 6.07. The van der Waals surface area contributed by atoms with Gasteiger partial charge in [-0.1, -0.05) is 18.5 Å². The molecule has 0 aliphatic carbocycles. The third kappa shape index (κ3) is 3.93. The molecular weight excluding hydrogens is 323 g/mol. The van der Waals surface area contributed by atoms with E-state index in [1.165, 1.54) is 19.2 Å². The number of ether oxygens (including phenoxy) is 1. The van der Waals surface area contributed by atoms with Crippen molar-refractivity contribution in [3.8, 4) is 0 Å². The Kier molecular flexibility index (Phi) is 5.82. The minimum absolute atomic E-state index is 0.204. The van der Waals surface area contributed by atoms with Crippen LogP contribution in [0.5, 0.6) is 0 Å². The Morgan fingerprint density at radius 2 is 1.96 bits per heavy atom. The summed E-state index contributed by atoms with van der Waals surface area (Å²) in [5, 5.41) is 0.353. The topological polar surface area (TPSA) is 49.9 Å². The van der Waals surface area contributed by atoms with Gasteiger partial charge in [0.15, 0.2) is 0 Å². The smallest absolute Gasteiger partial charge is 0.318 e. The van der Waals surface area contributed by atoms with Crippen molar-refractivity contribution in [3.05, 3.63) is 29.0 Å². The lowest BCUT2D eigenvalue weighted by molar-refractivity contribution is -0.154. The van der Waals surface area contributed by atoms with Crippen LogP contribution in [0.1, 0.15) is 13.3 Å². The average Bonchev–Trinajstić information content (AvgIpc) is 2.55. The zero-order valence-electron chi connectivity index (χ0n) is 13.2. The maximum absolute atomic E-state index is 13.1. The van der Waals surface area contributed by atoms with Crippen LogP contribution in [0.25, 0.3) is 0 Å². The molecule has 1 fully saturated rings. The molecule has 0 radical (unpaired) electrons. The monoisotopic (exact) mass is 342 g/mol. The minimum atomic E-state index is -0.749. The highest BCUT2D eigenvalue weighted by Crippen LogP contribution is 2.27. The molecule has 23 heavy (non-hydrogen) atoms. The average molecular weight is 343 g/mol. The van der Waals surface area contributed by atoms with Gasteiger partial charge >= 0.3 is 5.97 Å². The van der Waals surface area contributed by atoms with E-state index in [0.29, 0.717) is 37.6 Å². The van der Waals surface area contributed by atoms with Crippen molar-refractivity contribution < 1.29 is 18.7 Å². The van der Waals surface area contributed by atoms with E-state index < -0.39 is 11.9 Å². The number of rotatable bonds is 4. The number of methoxy groups -OCH3 is 1. The van der Waals surface area contributed by atoms with E-state index in [1.807, 2.05) is 4.90 Å². The first-order chi connectivity index (χ1) is 11.0. The molecule has 0 spiro atoms. The summed E-state index contributed by atoms with van der Waals surface area (Å²) < 4.78 is 17.8. The Morgan fingerprint density at radius 1 is 1.30 bits per heavy atom. The van der Waals surface area contributed by atoms with Crippen molar-refractivity contribution in [1.29, 1.82) is 0 Å². The van der Waals surface area contributed by atoms with Gasteiger partial charge < -0.3 is 14.5 Å². The Morgan fingerprint density at radius 3 is 2.48 bits per heavy atom. The zero-order valence-corrected chi connectivity index (χ0v) is 14.0. The summed E-state index contributed by atoms with van der Waals surface area (Å²) in [6, 6.07) is 4.28. The summed E-state index contributed by atoms with van der Waals surface area (Å²) in [6.45, 7) is 3.91. The minimum Gasteiger partial charge on any atom is -0.468 e. The van der Waals surface area contributed by atoms with Crippen LogP contribution in [0.4, 0.5) is 10.1 Å². The van der Waals surface area contributed by atoms with Gasteiger partial charge in [-0.15, -0.1) is 0 Å². The lowest BCUT2D eigenvalue weighted by Crippen LogP contribution is -2.51. The molecule has 1 aromatic carbocycles. The van der Waals surface area contributed by atoms with Gasteiger partial charge in [0.1, 0.15) is 11.7 Å². The summed E-state index contributed by atoms with van der Waals surface area (Å²) in [5.74, 6) is -1.83. The fraction of sp³-hybridized carbons (Fsp3) is 0.500. The number of hydrogen-bond donors (Lipinski definition) is 0. The molecule has 0 bridgehead atoms.